The van der Waals surface area contributed by atoms with Crippen molar-refractivity contribution >= 4 is 0 Å². The summed E-state index contributed by atoms with van der Waals surface area (Å²) in [7, 11) is 0. The first-order chi connectivity index (χ1) is 11.2. The number of tetrazole rings is 1. The van der Waals surface area contributed by atoms with Crippen LogP contribution < -0.4 is 0 Å². The highest BCUT2D eigenvalue weighted by molar-refractivity contribution is 5.03. The van der Waals surface area contributed by atoms with E-state index in [9.17, 15) is 0 Å². The van der Waals surface area contributed by atoms with Gasteiger partial charge in [-0.2, -0.15) is 0 Å². The maximum Gasteiger partial charge on any atom is 0.165 e. The third-order valence-corrected chi connectivity index (χ3v) is 4.22. The van der Waals surface area contributed by atoms with E-state index in [1.807, 2.05) is 17.7 Å². The number of hydrogen-bond donors (Lipinski definition) is 0. The maximum atomic E-state index is 5.13. The molecule has 3 rings (SSSR count). The Balaban J connectivity index is 1.46. The first-order valence-corrected chi connectivity index (χ1v) is 8.36. The molecule has 0 aromatic carbocycles. The van der Waals surface area contributed by atoms with Gasteiger partial charge in [-0.15, -0.1) is 5.10 Å². The van der Waals surface area contributed by atoms with Gasteiger partial charge >= 0.3 is 0 Å². The van der Waals surface area contributed by atoms with Crippen LogP contribution in [0.15, 0.2) is 10.6 Å². The second-order valence-corrected chi connectivity index (χ2v) is 6.15. The Morgan fingerprint density at radius 2 is 1.87 bits per heavy atom. The quantitative estimate of drug-likeness (QED) is 0.756. The second-order valence-electron chi connectivity index (χ2n) is 6.15. The van der Waals surface area contributed by atoms with Crippen LogP contribution in [-0.2, 0) is 19.6 Å². The number of aryl methyl sites for hydroxylation is 2. The fourth-order valence-corrected chi connectivity index (χ4v) is 2.85. The van der Waals surface area contributed by atoms with Crippen molar-refractivity contribution in [3.05, 3.63) is 23.3 Å². The van der Waals surface area contributed by atoms with Gasteiger partial charge in [-0.1, -0.05) is 18.5 Å². The molecule has 0 atom stereocenters. The lowest BCUT2D eigenvalue weighted by molar-refractivity contribution is 0.116. The molecule has 1 aliphatic heterocycles. The van der Waals surface area contributed by atoms with Gasteiger partial charge in [0.1, 0.15) is 5.76 Å². The average molecular weight is 319 g/mol. The monoisotopic (exact) mass is 319 g/mol. The van der Waals surface area contributed by atoms with Gasteiger partial charge in [-0.25, -0.2) is 4.68 Å². The van der Waals surface area contributed by atoms with Crippen molar-refractivity contribution in [2.45, 2.75) is 46.3 Å². The minimum atomic E-state index is 0.827. The number of aromatic nitrogens is 5. The molecule has 0 unspecified atom stereocenters. The first kappa shape index (κ1) is 16.1. The van der Waals surface area contributed by atoms with E-state index in [1.54, 1.807) is 0 Å². The number of nitrogens with zero attached hydrogens (tertiary/aromatic N) is 7. The number of unbranched alkanes of at least 4 members (excludes halogenated alkanes) is 1. The summed E-state index contributed by atoms with van der Waals surface area (Å²) >= 11 is 0. The SMILES string of the molecule is CCCCn1nnnc1CN1CCN(Cc2cc(C)on2)CC1. The molecule has 0 saturated carbocycles. The van der Waals surface area contributed by atoms with Gasteiger partial charge in [-0.05, 0) is 23.8 Å². The standard InChI is InChI=1S/C15H25N7O/c1-3-4-5-22-15(16-18-19-22)12-21-8-6-20(7-9-21)11-14-10-13(2)23-17-14/h10H,3-9,11-12H2,1-2H3. The summed E-state index contributed by atoms with van der Waals surface area (Å²) in [4.78, 5) is 4.83. The molecule has 8 heteroatoms. The number of rotatable bonds is 7. The molecule has 23 heavy (non-hydrogen) atoms. The van der Waals surface area contributed by atoms with Crippen molar-refractivity contribution in [3.8, 4) is 0 Å². The van der Waals surface area contributed by atoms with Crippen LogP contribution in [0.1, 0.15) is 37.0 Å². The highest BCUT2D eigenvalue weighted by Crippen LogP contribution is 2.11. The van der Waals surface area contributed by atoms with E-state index in [1.165, 1.54) is 0 Å². The van der Waals surface area contributed by atoms with Gasteiger partial charge in [0.2, 0.25) is 0 Å². The van der Waals surface area contributed by atoms with Crippen LogP contribution in [0.3, 0.4) is 0 Å². The van der Waals surface area contributed by atoms with Gasteiger partial charge in [0.25, 0.3) is 0 Å². The van der Waals surface area contributed by atoms with Crippen molar-refractivity contribution in [1.29, 1.82) is 0 Å². The highest BCUT2D eigenvalue weighted by atomic mass is 16.5. The Morgan fingerprint density at radius 1 is 1.13 bits per heavy atom. The zero-order chi connectivity index (χ0) is 16.1. The fourth-order valence-electron chi connectivity index (χ4n) is 2.85. The Morgan fingerprint density at radius 3 is 2.52 bits per heavy atom. The van der Waals surface area contributed by atoms with E-state index in [4.69, 9.17) is 4.52 Å². The summed E-state index contributed by atoms with van der Waals surface area (Å²) in [6.45, 7) is 10.8. The predicted octanol–water partition coefficient (Wildman–Crippen LogP) is 1.09. The molecule has 0 N–H and O–H groups in total. The molecule has 1 aliphatic rings. The molecular weight excluding hydrogens is 294 g/mol. The van der Waals surface area contributed by atoms with Crippen LogP contribution in [0.5, 0.6) is 0 Å². The summed E-state index contributed by atoms with van der Waals surface area (Å²) in [5, 5.41) is 16.2. The van der Waals surface area contributed by atoms with Gasteiger partial charge in [0.05, 0.1) is 12.2 Å². The molecule has 0 bridgehead atoms. The van der Waals surface area contributed by atoms with E-state index in [2.05, 4.69) is 37.4 Å². The molecular formula is C15H25N7O. The first-order valence-electron chi connectivity index (χ1n) is 8.36. The summed E-state index contributed by atoms with van der Waals surface area (Å²) < 4.78 is 7.07. The molecule has 2 aromatic heterocycles. The average Bonchev–Trinajstić information content (AvgIpc) is 3.16. The molecule has 1 saturated heterocycles. The summed E-state index contributed by atoms with van der Waals surface area (Å²) in [6, 6.07) is 2.01. The van der Waals surface area contributed by atoms with Gasteiger partial charge in [0, 0.05) is 45.3 Å². The summed E-state index contributed by atoms with van der Waals surface area (Å²) in [5.41, 5.74) is 1.01. The van der Waals surface area contributed by atoms with Crippen molar-refractivity contribution in [3.63, 3.8) is 0 Å². The normalized spacial score (nSPS) is 17.0. The second kappa shape index (κ2) is 7.65. The topological polar surface area (TPSA) is 76.1 Å². The van der Waals surface area contributed by atoms with E-state index >= 15 is 0 Å². The smallest absolute Gasteiger partial charge is 0.165 e. The molecule has 3 heterocycles. The minimum absolute atomic E-state index is 0.827. The van der Waals surface area contributed by atoms with E-state index in [-0.39, 0.29) is 0 Å². The zero-order valence-electron chi connectivity index (χ0n) is 14.0. The van der Waals surface area contributed by atoms with Gasteiger partial charge < -0.3 is 4.52 Å². The molecule has 0 aliphatic carbocycles. The van der Waals surface area contributed by atoms with E-state index in [0.717, 1.165) is 75.9 Å². The molecule has 126 valence electrons. The summed E-state index contributed by atoms with van der Waals surface area (Å²) in [6.07, 6.45) is 2.27. The van der Waals surface area contributed by atoms with Crippen LogP contribution in [0.4, 0.5) is 0 Å². The third kappa shape index (κ3) is 4.35. The Kier molecular flexibility index (Phi) is 5.35. The molecule has 0 spiro atoms. The van der Waals surface area contributed by atoms with Gasteiger partial charge in [0.15, 0.2) is 5.82 Å². The number of piperazine rings is 1. The molecule has 0 amide bonds. The number of hydrogen-bond acceptors (Lipinski definition) is 7. The lowest BCUT2D eigenvalue weighted by atomic mass is 10.2. The molecule has 0 radical (unpaired) electrons. The Hall–Kier alpha value is -1.80. The van der Waals surface area contributed by atoms with Gasteiger partial charge in [-0.3, -0.25) is 9.80 Å². The summed E-state index contributed by atoms with van der Waals surface area (Å²) in [5.74, 6) is 1.84. The third-order valence-electron chi connectivity index (χ3n) is 4.22. The van der Waals surface area contributed by atoms with Crippen LogP contribution in [0, 0.1) is 6.92 Å². The van der Waals surface area contributed by atoms with Crippen LogP contribution in [-0.4, -0.2) is 61.3 Å². The molecule has 8 nitrogen and oxygen atoms in total. The predicted molar refractivity (Wildman–Crippen MR) is 84.5 cm³/mol. The fraction of sp³-hybridized carbons (Fsp3) is 0.733. The lowest BCUT2D eigenvalue weighted by Crippen LogP contribution is -2.45. The maximum absolute atomic E-state index is 5.13. The Bertz CT molecular complexity index is 600. The minimum Gasteiger partial charge on any atom is -0.361 e. The highest BCUT2D eigenvalue weighted by Gasteiger charge is 2.20. The van der Waals surface area contributed by atoms with Crippen molar-refractivity contribution < 1.29 is 4.52 Å². The van der Waals surface area contributed by atoms with E-state index < -0.39 is 0 Å². The van der Waals surface area contributed by atoms with Crippen molar-refractivity contribution in [1.82, 2.24) is 35.2 Å². The molecule has 1 fully saturated rings. The van der Waals surface area contributed by atoms with Crippen molar-refractivity contribution in [2.24, 2.45) is 0 Å². The Labute approximate surface area is 136 Å². The largest absolute Gasteiger partial charge is 0.361 e. The van der Waals surface area contributed by atoms with Crippen LogP contribution in [0.25, 0.3) is 0 Å². The van der Waals surface area contributed by atoms with Crippen molar-refractivity contribution in [2.75, 3.05) is 26.2 Å². The lowest BCUT2D eigenvalue weighted by Gasteiger charge is -2.33. The zero-order valence-corrected chi connectivity index (χ0v) is 14.0. The molecule has 2 aromatic rings. The van der Waals surface area contributed by atoms with Crippen LogP contribution in [0.2, 0.25) is 0 Å². The van der Waals surface area contributed by atoms with E-state index in [0.29, 0.717) is 0 Å². The van der Waals surface area contributed by atoms with Crippen LogP contribution >= 0.6 is 0 Å².